The molecule has 1 nitrogen and oxygen atoms in total. The lowest BCUT2D eigenvalue weighted by molar-refractivity contribution is 0.0994. The summed E-state index contributed by atoms with van der Waals surface area (Å²) < 4.78 is 1.05. The number of Topliss-reactive ketones (excluding diaryl/α,β-unsaturated/α-hetero) is 1. The highest BCUT2D eigenvalue weighted by molar-refractivity contribution is 9.11. The molecule has 0 radical (unpaired) electrons. The average molecular weight is 326 g/mol. The van der Waals surface area contributed by atoms with Crippen molar-refractivity contribution in [3.05, 3.63) is 20.3 Å². The molecule has 0 aromatic carbocycles. The van der Waals surface area contributed by atoms with Gasteiger partial charge >= 0.3 is 0 Å². The Bertz CT molecular complexity index is 300. The van der Waals surface area contributed by atoms with Crippen molar-refractivity contribution in [2.75, 3.05) is 0 Å². The number of carbonyl (C=O) groups is 1. The first kappa shape index (κ1) is 11.4. The summed E-state index contributed by atoms with van der Waals surface area (Å²) in [7, 11) is 0. The fourth-order valence-electron chi connectivity index (χ4n) is 0.921. The van der Waals surface area contributed by atoms with Gasteiger partial charge in [0.1, 0.15) is 0 Å². The molecule has 0 aliphatic rings. The Hall–Kier alpha value is 0.330. The molecule has 0 aliphatic heterocycles. The summed E-state index contributed by atoms with van der Waals surface area (Å²) in [5, 5.41) is 0. The summed E-state index contributed by atoms with van der Waals surface area (Å²) in [5.41, 5.74) is 1.13. The number of hydrogen-bond donors (Lipinski definition) is 0. The number of alkyl halides is 1. The van der Waals surface area contributed by atoms with Gasteiger partial charge in [0, 0.05) is 0 Å². The van der Waals surface area contributed by atoms with Crippen LogP contribution in [0.1, 0.15) is 28.6 Å². The molecule has 0 N–H and O–H groups in total. The first-order valence-electron chi connectivity index (χ1n) is 4.00. The molecule has 13 heavy (non-hydrogen) atoms. The van der Waals surface area contributed by atoms with Crippen molar-refractivity contribution in [1.82, 2.24) is 0 Å². The Morgan fingerprint density at radius 3 is 2.69 bits per heavy atom. The van der Waals surface area contributed by atoms with Crippen LogP contribution in [0.3, 0.4) is 0 Å². The zero-order chi connectivity index (χ0) is 10.0. The van der Waals surface area contributed by atoms with Gasteiger partial charge in [-0.15, -0.1) is 11.3 Å². The molecule has 0 amide bonds. The molecule has 1 aromatic rings. The average Bonchev–Trinajstić information content (AvgIpc) is 2.44. The van der Waals surface area contributed by atoms with Crippen molar-refractivity contribution in [2.45, 2.75) is 25.1 Å². The maximum atomic E-state index is 11.7. The van der Waals surface area contributed by atoms with Crippen molar-refractivity contribution in [1.29, 1.82) is 0 Å². The SMILES string of the molecule is CCC(Br)C(=O)c1cc(C)c(Br)s1. The molecule has 1 heterocycles. The van der Waals surface area contributed by atoms with Crippen molar-refractivity contribution >= 4 is 49.0 Å². The third-order valence-corrected chi connectivity index (χ3v) is 4.96. The zero-order valence-electron chi connectivity index (χ0n) is 7.43. The predicted molar refractivity (Wildman–Crippen MR) is 64.1 cm³/mol. The molecule has 1 unspecified atom stereocenters. The van der Waals surface area contributed by atoms with Gasteiger partial charge in [0.15, 0.2) is 5.78 Å². The van der Waals surface area contributed by atoms with Crippen molar-refractivity contribution in [3.63, 3.8) is 0 Å². The van der Waals surface area contributed by atoms with Crippen LogP contribution in [0.2, 0.25) is 0 Å². The summed E-state index contributed by atoms with van der Waals surface area (Å²) in [6.07, 6.45) is 0.827. The van der Waals surface area contributed by atoms with E-state index in [1.165, 1.54) is 11.3 Å². The minimum Gasteiger partial charge on any atom is -0.292 e. The van der Waals surface area contributed by atoms with E-state index < -0.39 is 0 Å². The summed E-state index contributed by atoms with van der Waals surface area (Å²) in [5.74, 6) is 0.182. The molecular weight excluding hydrogens is 316 g/mol. The topological polar surface area (TPSA) is 17.1 Å². The Morgan fingerprint density at radius 1 is 1.69 bits per heavy atom. The maximum absolute atomic E-state index is 11.7. The van der Waals surface area contributed by atoms with Crippen LogP contribution in [0, 0.1) is 6.92 Å². The van der Waals surface area contributed by atoms with Gasteiger partial charge in [-0.1, -0.05) is 22.9 Å². The van der Waals surface area contributed by atoms with Crippen LogP contribution in [0.25, 0.3) is 0 Å². The fourth-order valence-corrected chi connectivity index (χ4v) is 2.85. The van der Waals surface area contributed by atoms with Crippen molar-refractivity contribution in [2.24, 2.45) is 0 Å². The van der Waals surface area contributed by atoms with E-state index in [4.69, 9.17) is 0 Å². The standard InChI is InChI=1S/C9H10Br2OS/c1-3-6(10)8(12)7-4-5(2)9(11)13-7/h4,6H,3H2,1-2H3. The zero-order valence-corrected chi connectivity index (χ0v) is 11.4. The molecule has 1 aromatic heterocycles. The van der Waals surface area contributed by atoms with Crippen molar-refractivity contribution < 1.29 is 4.79 Å². The van der Waals surface area contributed by atoms with Gasteiger partial charge in [-0.05, 0) is 40.9 Å². The van der Waals surface area contributed by atoms with Crippen LogP contribution in [-0.2, 0) is 0 Å². The van der Waals surface area contributed by atoms with Crippen LogP contribution in [0.4, 0.5) is 0 Å². The number of rotatable bonds is 3. The number of thiophene rings is 1. The summed E-state index contributed by atoms with van der Waals surface area (Å²) >= 11 is 8.26. The smallest absolute Gasteiger partial charge is 0.186 e. The number of carbonyl (C=O) groups excluding carboxylic acids is 1. The lowest BCUT2D eigenvalue weighted by Gasteiger charge is -2.01. The van der Waals surface area contributed by atoms with Crippen LogP contribution < -0.4 is 0 Å². The van der Waals surface area contributed by atoms with Gasteiger partial charge in [0.05, 0.1) is 13.5 Å². The van der Waals surface area contributed by atoms with E-state index in [1.54, 1.807) is 0 Å². The Morgan fingerprint density at radius 2 is 2.31 bits per heavy atom. The molecule has 0 fully saturated rings. The van der Waals surface area contributed by atoms with E-state index in [9.17, 15) is 4.79 Å². The Kier molecular flexibility index (Phi) is 4.13. The molecule has 0 bridgehead atoms. The molecule has 4 heteroatoms. The second-order valence-corrected chi connectivity index (χ2v) is 6.28. The minimum absolute atomic E-state index is 0.0440. The van der Waals surface area contributed by atoms with Crippen LogP contribution in [0.15, 0.2) is 9.85 Å². The number of ketones is 1. The second kappa shape index (κ2) is 4.71. The largest absolute Gasteiger partial charge is 0.292 e. The fraction of sp³-hybridized carbons (Fsp3) is 0.444. The number of aryl methyl sites for hydroxylation is 1. The summed E-state index contributed by atoms with van der Waals surface area (Å²) in [4.78, 5) is 12.5. The molecule has 0 aliphatic carbocycles. The first-order valence-corrected chi connectivity index (χ1v) is 6.53. The van der Waals surface area contributed by atoms with E-state index >= 15 is 0 Å². The highest BCUT2D eigenvalue weighted by Gasteiger charge is 2.17. The Labute approximate surface area is 98.8 Å². The summed E-state index contributed by atoms with van der Waals surface area (Å²) in [6.45, 7) is 3.99. The normalized spacial score (nSPS) is 12.9. The van der Waals surface area contributed by atoms with Crippen LogP contribution in [0.5, 0.6) is 0 Å². The van der Waals surface area contributed by atoms with Gasteiger partial charge in [-0.25, -0.2) is 0 Å². The summed E-state index contributed by atoms with van der Waals surface area (Å²) in [6, 6.07) is 1.93. The van der Waals surface area contributed by atoms with E-state index in [1.807, 2.05) is 19.9 Å². The highest BCUT2D eigenvalue weighted by atomic mass is 79.9. The lowest BCUT2D eigenvalue weighted by atomic mass is 10.2. The molecule has 72 valence electrons. The van der Waals surface area contributed by atoms with E-state index in [0.29, 0.717) is 0 Å². The van der Waals surface area contributed by atoms with E-state index in [-0.39, 0.29) is 10.6 Å². The van der Waals surface area contributed by atoms with Crippen LogP contribution >= 0.6 is 43.2 Å². The molecule has 1 atom stereocenters. The van der Waals surface area contributed by atoms with Gasteiger partial charge in [-0.3, -0.25) is 4.79 Å². The maximum Gasteiger partial charge on any atom is 0.186 e. The van der Waals surface area contributed by atoms with E-state index in [2.05, 4.69) is 31.9 Å². The van der Waals surface area contributed by atoms with Gasteiger partial charge in [-0.2, -0.15) is 0 Å². The van der Waals surface area contributed by atoms with Crippen LogP contribution in [-0.4, -0.2) is 10.6 Å². The highest BCUT2D eigenvalue weighted by Crippen LogP contribution is 2.29. The monoisotopic (exact) mass is 324 g/mol. The molecule has 0 saturated carbocycles. The van der Waals surface area contributed by atoms with Gasteiger partial charge in [0.2, 0.25) is 0 Å². The molecular formula is C9H10Br2OS. The van der Waals surface area contributed by atoms with Gasteiger partial charge in [0.25, 0.3) is 0 Å². The van der Waals surface area contributed by atoms with E-state index in [0.717, 1.165) is 20.6 Å². The predicted octanol–water partition coefficient (Wildman–Crippen LogP) is 4.18. The number of halogens is 2. The number of hydrogen-bond acceptors (Lipinski definition) is 2. The van der Waals surface area contributed by atoms with Crippen molar-refractivity contribution in [3.8, 4) is 0 Å². The quantitative estimate of drug-likeness (QED) is 0.602. The first-order chi connectivity index (χ1) is 6.06. The molecule has 0 spiro atoms. The second-order valence-electron chi connectivity index (χ2n) is 2.81. The third-order valence-electron chi connectivity index (χ3n) is 1.74. The lowest BCUT2D eigenvalue weighted by Crippen LogP contribution is -2.10. The molecule has 0 saturated heterocycles. The minimum atomic E-state index is -0.0440. The Balaban J connectivity index is 2.89. The van der Waals surface area contributed by atoms with Gasteiger partial charge < -0.3 is 0 Å². The third kappa shape index (κ3) is 2.64. The molecule has 1 rings (SSSR count).